The molecule has 2 heterocycles. The SMILES string of the molecule is COc1ccc(N(C)C(=O)c2cccc3c4c([nH]c23)CC[C@@H](C)C4)cn1. The van der Waals surface area contributed by atoms with Crippen LogP contribution in [0.1, 0.15) is 35.0 Å². The number of aromatic nitrogens is 2. The van der Waals surface area contributed by atoms with E-state index >= 15 is 0 Å². The summed E-state index contributed by atoms with van der Waals surface area (Å²) in [6, 6.07) is 9.58. The highest BCUT2D eigenvalue weighted by Gasteiger charge is 2.23. The Hall–Kier alpha value is -2.82. The van der Waals surface area contributed by atoms with E-state index in [1.165, 1.54) is 23.1 Å². The minimum atomic E-state index is -0.0470. The van der Waals surface area contributed by atoms with Crippen LogP contribution in [-0.4, -0.2) is 30.0 Å². The molecule has 26 heavy (non-hydrogen) atoms. The second-order valence-electron chi connectivity index (χ2n) is 7.08. The quantitative estimate of drug-likeness (QED) is 0.778. The van der Waals surface area contributed by atoms with Crippen LogP contribution in [0.15, 0.2) is 36.5 Å². The number of nitrogens with one attached hydrogen (secondary N) is 1. The zero-order chi connectivity index (χ0) is 18.3. The number of rotatable bonds is 3. The van der Waals surface area contributed by atoms with Gasteiger partial charge in [-0.25, -0.2) is 4.98 Å². The fourth-order valence-electron chi connectivity index (χ4n) is 3.78. The van der Waals surface area contributed by atoms with E-state index in [9.17, 15) is 4.79 Å². The van der Waals surface area contributed by atoms with Crippen molar-refractivity contribution >= 4 is 22.5 Å². The summed E-state index contributed by atoms with van der Waals surface area (Å²) in [6.45, 7) is 2.29. The molecule has 0 unspecified atom stereocenters. The third-order valence-electron chi connectivity index (χ3n) is 5.32. The van der Waals surface area contributed by atoms with E-state index in [4.69, 9.17) is 4.74 Å². The van der Waals surface area contributed by atoms with Crippen molar-refractivity contribution in [1.29, 1.82) is 0 Å². The lowest BCUT2D eigenvalue weighted by Gasteiger charge is -2.18. The second kappa shape index (κ2) is 6.48. The largest absolute Gasteiger partial charge is 0.481 e. The molecule has 0 spiro atoms. The summed E-state index contributed by atoms with van der Waals surface area (Å²) in [4.78, 5) is 22.5. The maximum Gasteiger partial charge on any atom is 0.260 e. The molecule has 1 amide bonds. The number of benzene rings is 1. The maximum atomic E-state index is 13.1. The van der Waals surface area contributed by atoms with Crippen LogP contribution in [0.3, 0.4) is 0 Å². The van der Waals surface area contributed by atoms with Gasteiger partial charge in [0.05, 0.1) is 30.1 Å². The number of pyridine rings is 1. The molecular weight excluding hydrogens is 326 g/mol. The number of amides is 1. The predicted octanol–water partition coefficient (Wildman–Crippen LogP) is 3.97. The van der Waals surface area contributed by atoms with Gasteiger partial charge in [0.15, 0.2) is 0 Å². The summed E-state index contributed by atoms with van der Waals surface area (Å²) >= 11 is 0. The molecule has 1 atom stereocenters. The van der Waals surface area contributed by atoms with Crippen molar-refractivity contribution in [2.75, 3.05) is 19.1 Å². The highest BCUT2D eigenvalue weighted by molar-refractivity contribution is 6.13. The van der Waals surface area contributed by atoms with E-state index in [-0.39, 0.29) is 5.91 Å². The highest BCUT2D eigenvalue weighted by atomic mass is 16.5. The Morgan fingerprint density at radius 3 is 2.88 bits per heavy atom. The maximum absolute atomic E-state index is 13.1. The number of carbonyl (C=O) groups is 1. The molecule has 1 aliphatic rings. The van der Waals surface area contributed by atoms with E-state index in [1.807, 2.05) is 18.2 Å². The van der Waals surface area contributed by atoms with Crippen molar-refractivity contribution in [3.8, 4) is 5.88 Å². The lowest BCUT2D eigenvalue weighted by atomic mass is 9.87. The fourth-order valence-corrected chi connectivity index (χ4v) is 3.78. The molecule has 2 aromatic heterocycles. The average molecular weight is 349 g/mol. The summed E-state index contributed by atoms with van der Waals surface area (Å²) in [6.07, 6.45) is 4.97. The number of hydrogen-bond donors (Lipinski definition) is 1. The van der Waals surface area contributed by atoms with Crippen LogP contribution < -0.4 is 9.64 Å². The van der Waals surface area contributed by atoms with Gasteiger partial charge in [-0.1, -0.05) is 19.1 Å². The van der Waals surface area contributed by atoms with Crippen molar-refractivity contribution in [2.24, 2.45) is 5.92 Å². The van der Waals surface area contributed by atoms with Crippen molar-refractivity contribution in [3.63, 3.8) is 0 Å². The number of carbonyl (C=O) groups excluding carboxylic acids is 1. The molecular formula is C21H23N3O2. The molecule has 3 aromatic rings. The van der Waals surface area contributed by atoms with Crippen molar-refractivity contribution in [1.82, 2.24) is 9.97 Å². The van der Waals surface area contributed by atoms with E-state index in [1.54, 1.807) is 31.3 Å². The summed E-state index contributed by atoms with van der Waals surface area (Å²) in [5.41, 5.74) is 5.04. The average Bonchev–Trinajstić information content (AvgIpc) is 3.05. The Bertz CT molecular complexity index is 959. The number of hydrogen-bond acceptors (Lipinski definition) is 3. The van der Waals surface area contributed by atoms with Crippen molar-refractivity contribution < 1.29 is 9.53 Å². The lowest BCUT2D eigenvalue weighted by molar-refractivity contribution is 0.0994. The van der Waals surface area contributed by atoms with Crippen LogP contribution in [0.5, 0.6) is 5.88 Å². The Kier molecular flexibility index (Phi) is 4.15. The zero-order valence-electron chi connectivity index (χ0n) is 15.4. The van der Waals surface area contributed by atoms with Gasteiger partial charge >= 0.3 is 0 Å². The smallest absolute Gasteiger partial charge is 0.260 e. The number of aryl methyl sites for hydroxylation is 1. The molecule has 0 saturated heterocycles. The summed E-state index contributed by atoms with van der Waals surface area (Å²) in [5, 5.41) is 1.18. The molecule has 4 rings (SSSR count). The first-order chi connectivity index (χ1) is 12.6. The van der Waals surface area contributed by atoms with Crippen LogP contribution in [0.25, 0.3) is 10.9 Å². The minimum absolute atomic E-state index is 0.0470. The third-order valence-corrected chi connectivity index (χ3v) is 5.32. The van der Waals surface area contributed by atoms with Crippen LogP contribution in [0.2, 0.25) is 0 Å². The number of aromatic amines is 1. The first-order valence-electron chi connectivity index (χ1n) is 8.99. The molecule has 5 heteroatoms. The van der Waals surface area contributed by atoms with Gasteiger partial charge in [0.25, 0.3) is 5.91 Å². The first kappa shape index (κ1) is 16.6. The molecule has 0 radical (unpaired) electrons. The fraction of sp³-hybridized carbons (Fsp3) is 0.333. The van der Waals surface area contributed by atoms with Gasteiger partial charge in [-0.05, 0) is 42.9 Å². The minimum Gasteiger partial charge on any atom is -0.481 e. The first-order valence-corrected chi connectivity index (χ1v) is 8.99. The number of methoxy groups -OCH3 is 1. The van der Waals surface area contributed by atoms with E-state index < -0.39 is 0 Å². The predicted molar refractivity (Wildman–Crippen MR) is 103 cm³/mol. The Morgan fingerprint density at radius 1 is 1.31 bits per heavy atom. The molecule has 5 nitrogen and oxygen atoms in total. The standard InChI is InChI=1S/C21H23N3O2/c1-13-7-9-18-17(11-13)15-5-4-6-16(20(15)23-18)21(25)24(2)14-8-10-19(26-3)22-12-14/h4-6,8,10,12-13,23H,7,9,11H2,1-3H3/t13-/m1/s1. The van der Waals surface area contributed by atoms with Gasteiger partial charge in [0.2, 0.25) is 5.88 Å². The van der Waals surface area contributed by atoms with Gasteiger partial charge in [0.1, 0.15) is 0 Å². The third kappa shape index (κ3) is 2.73. The number of anilines is 1. The van der Waals surface area contributed by atoms with Crippen LogP contribution in [0.4, 0.5) is 5.69 Å². The topological polar surface area (TPSA) is 58.2 Å². The normalized spacial score (nSPS) is 16.3. The van der Waals surface area contributed by atoms with E-state index in [2.05, 4.69) is 23.0 Å². The number of nitrogens with zero attached hydrogens (tertiary/aromatic N) is 2. The molecule has 134 valence electrons. The van der Waals surface area contributed by atoms with Crippen molar-refractivity contribution in [2.45, 2.75) is 26.2 Å². The Labute approximate surface area is 153 Å². The van der Waals surface area contributed by atoms with Gasteiger partial charge in [-0.3, -0.25) is 4.79 Å². The monoisotopic (exact) mass is 349 g/mol. The molecule has 1 aromatic carbocycles. The highest BCUT2D eigenvalue weighted by Crippen LogP contribution is 2.33. The second-order valence-corrected chi connectivity index (χ2v) is 7.08. The molecule has 0 aliphatic heterocycles. The number of para-hydroxylation sites is 1. The Balaban J connectivity index is 1.72. The molecule has 0 saturated carbocycles. The van der Waals surface area contributed by atoms with Crippen LogP contribution in [-0.2, 0) is 12.8 Å². The molecule has 1 aliphatic carbocycles. The van der Waals surface area contributed by atoms with E-state index in [0.29, 0.717) is 17.4 Å². The number of ether oxygens (including phenoxy) is 1. The van der Waals surface area contributed by atoms with Crippen LogP contribution >= 0.6 is 0 Å². The molecule has 0 bridgehead atoms. The van der Waals surface area contributed by atoms with Gasteiger partial charge < -0.3 is 14.6 Å². The lowest BCUT2D eigenvalue weighted by Crippen LogP contribution is -2.26. The molecule has 1 N–H and O–H groups in total. The summed E-state index contributed by atoms with van der Waals surface area (Å²) in [7, 11) is 3.35. The summed E-state index contributed by atoms with van der Waals surface area (Å²) in [5.74, 6) is 1.17. The summed E-state index contributed by atoms with van der Waals surface area (Å²) < 4.78 is 5.09. The van der Waals surface area contributed by atoms with E-state index in [0.717, 1.165) is 24.0 Å². The van der Waals surface area contributed by atoms with Gasteiger partial charge in [0, 0.05) is 24.2 Å². The number of H-pyrrole nitrogens is 1. The van der Waals surface area contributed by atoms with Crippen molar-refractivity contribution in [3.05, 3.63) is 53.3 Å². The van der Waals surface area contributed by atoms with Gasteiger partial charge in [-0.15, -0.1) is 0 Å². The van der Waals surface area contributed by atoms with Gasteiger partial charge in [-0.2, -0.15) is 0 Å². The molecule has 0 fully saturated rings. The number of fused-ring (bicyclic) bond motifs is 3. The Morgan fingerprint density at radius 2 is 2.15 bits per heavy atom. The zero-order valence-corrected chi connectivity index (χ0v) is 15.4. The van der Waals surface area contributed by atoms with Crippen LogP contribution in [0, 0.1) is 5.92 Å².